The third-order valence-corrected chi connectivity index (χ3v) is 13.5. The van der Waals surface area contributed by atoms with Crippen LogP contribution in [0.2, 0.25) is 0 Å². The van der Waals surface area contributed by atoms with E-state index in [0.717, 1.165) is 6.92 Å². The molecular weight excluding hydrogens is 847 g/mol. The third kappa shape index (κ3) is 9.07. The molecule has 3 fully saturated rings. The lowest BCUT2D eigenvalue weighted by molar-refractivity contribution is -0.346. The number of hydrogen-bond acceptors (Lipinski definition) is 16. The molecule has 2 aromatic rings. The molecular formula is C48H59NO16. The lowest BCUT2D eigenvalue weighted by Gasteiger charge is -2.67. The van der Waals surface area contributed by atoms with E-state index in [-0.39, 0.29) is 47.5 Å². The number of benzene rings is 2. The lowest BCUT2D eigenvalue weighted by Crippen LogP contribution is -2.81. The fourth-order valence-corrected chi connectivity index (χ4v) is 10.1. The quantitative estimate of drug-likeness (QED) is 0.133. The summed E-state index contributed by atoms with van der Waals surface area (Å²) in [6.45, 7) is 12.8. The molecule has 1 amide bonds. The summed E-state index contributed by atoms with van der Waals surface area (Å²) < 4.78 is 35.7. The Hall–Kier alpha value is -5.49. The fraction of sp³-hybridized carbons (Fsp3) is 0.562. The Morgan fingerprint density at radius 3 is 2.08 bits per heavy atom. The van der Waals surface area contributed by atoms with Crippen molar-refractivity contribution in [3.05, 3.63) is 82.9 Å². The molecule has 6 rings (SSSR count). The maximum absolute atomic E-state index is 15.1. The first-order valence-electron chi connectivity index (χ1n) is 21.6. The van der Waals surface area contributed by atoms with Gasteiger partial charge in [-0.05, 0) is 70.4 Å². The molecule has 0 aromatic heterocycles. The van der Waals surface area contributed by atoms with E-state index < -0.39 is 125 Å². The highest BCUT2D eigenvalue weighted by molar-refractivity contribution is 5.94. The van der Waals surface area contributed by atoms with E-state index in [2.05, 4.69) is 5.32 Å². The minimum Gasteiger partial charge on any atom is -0.455 e. The standard InChI is InChI=1S/C48H59NO16/c1-25(50)20-21-33(53)62-37(35(28-16-12-10-13-17-28)49-43(58)65-44(4,5)6)42(57)61-30-23-48(59)40(63-41(56)29-18-14-11-15-19-29)38-46(9,39(55)36(54)34(26(30)2)45(48,7)8)31(52)22-32-47(38,24-60-32)64-27(3)51/h10-19,30-32,35-38,40,52,54,59H,20-24H2,1-9H3,(H,49,58)/t30-,31-,32+,35?,36+,37?,38?,40-,46+,47-,48+/m0/s1. The molecule has 0 spiro atoms. The average Bonchev–Trinajstić information content (AvgIpc) is 3.22. The number of nitrogens with one attached hydrogen (secondary N) is 1. The van der Waals surface area contributed by atoms with Gasteiger partial charge in [-0.3, -0.25) is 14.4 Å². The zero-order chi connectivity index (χ0) is 48.0. The normalized spacial score (nSPS) is 31.2. The second kappa shape index (κ2) is 18.1. The van der Waals surface area contributed by atoms with Gasteiger partial charge in [0.2, 0.25) is 6.10 Å². The molecule has 11 atom stereocenters. The maximum atomic E-state index is 15.1. The van der Waals surface area contributed by atoms with E-state index in [1.807, 2.05) is 0 Å². The van der Waals surface area contributed by atoms with Crippen molar-refractivity contribution in [3.63, 3.8) is 0 Å². The molecule has 1 aliphatic heterocycles. The zero-order valence-electron chi connectivity index (χ0n) is 38.1. The monoisotopic (exact) mass is 905 g/mol. The topological polar surface area (TPSA) is 248 Å². The van der Waals surface area contributed by atoms with Gasteiger partial charge in [-0.15, -0.1) is 0 Å². The van der Waals surface area contributed by atoms with Gasteiger partial charge >= 0.3 is 30.0 Å². The Bertz CT molecular complexity index is 2230. The molecule has 17 nitrogen and oxygen atoms in total. The number of amides is 1. The Morgan fingerprint density at radius 2 is 1.52 bits per heavy atom. The second-order valence-corrected chi connectivity index (χ2v) is 19.2. The van der Waals surface area contributed by atoms with E-state index in [0.29, 0.717) is 0 Å². The first-order valence-corrected chi connectivity index (χ1v) is 21.6. The number of Topliss-reactive ketones (excluding diaryl/α,β-unsaturated/α-hetero) is 2. The maximum Gasteiger partial charge on any atom is 0.408 e. The molecule has 65 heavy (non-hydrogen) atoms. The SMILES string of the molecule is CC(=O)CCC(=O)OC(C(=O)O[C@H]1C[C@@]2(O)[C@@H](OC(=O)c3ccccc3)C3[C@](C)(C(=O)[C@H](O)C(=C1C)C2(C)C)[C@@H](O)C[C@H]1OC[C@@]31OC(C)=O)C(NC(=O)OC(C)(C)C)c1ccccc1. The van der Waals surface area contributed by atoms with Gasteiger partial charge in [0, 0.05) is 31.6 Å². The molecule has 4 N–H and O–H groups in total. The van der Waals surface area contributed by atoms with Crippen LogP contribution in [0.15, 0.2) is 71.8 Å². The molecule has 352 valence electrons. The van der Waals surface area contributed by atoms with Gasteiger partial charge in [-0.2, -0.15) is 0 Å². The summed E-state index contributed by atoms with van der Waals surface area (Å²) in [5, 5.41) is 40.6. The number of aliphatic hydroxyl groups excluding tert-OH is 2. The summed E-state index contributed by atoms with van der Waals surface area (Å²) in [4.78, 5) is 95.9. The highest BCUT2D eigenvalue weighted by Crippen LogP contribution is 2.64. The number of alkyl carbamates (subject to hydrolysis) is 1. The van der Waals surface area contributed by atoms with Crippen molar-refractivity contribution in [3.8, 4) is 0 Å². The van der Waals surface area contributed by atoms with Gasteiger partial charge in [0.15, 0.2) is 11.4 Å². The summed E-state index contributed by atoms with van der Waals surface area (Å²) in [7, 11) is 0. The van der Waals surface area contributed by atoms with E-state index >= 15 is 4.79 Å². The Kier molecular flexibility index (Phi) is 13.6. The van der Waals surface area contributed by atoms with Crippen molar-refractivity contribution >= 4 is 41.5 Å². The van der Waals surface area contributed by atoms with Crippen LogP contribution in [0.4, 0.5) is 4.79 Å². The molecule has 1 saturated heterocycles. The van der Waals surface area contributed by atoms with Crippen molar-refractivity contribution < 1.29 is 77.3 Å². The molecule has 4 aliphatic rings. The van der Waals surface area contributed by atoms with E-state index in [1.54, 1.807) is 69.3 Å². The van der Waals surface area contributed by atoms with Crippen LogP contribution < -0.4 is 5.32 Å². The summed E-state index contributed by atoms with van der Waals surface area (Å²) in [6.07, 6.45) is -12.5. The number of ether oxygens (including phenoxy) is 6. The molecule has 0 radical (unpaired) electrons. The smallest absolute Gasteiger partial charge is 0.408 e. The second-order valence-electron chi connectivity index (χ2n) is 19.2. The van der Waals surface area contributed by atoms with Crippen molar-refractivity contribution in [2.45, 2.75) is 147 Å². The van der Waals surface area contributed by atoms with Gasteiger partial charge in [0.05, 0.1) is 36.0 Å². The Balaban J connectivity index is 1.52. The molecule has 2 saturated carbocycles. The predicted octanol–water partition coefficient (Wildman–Crippen LogP) is 4.18. The van der Waals surface area contributed by atoms with Gasteiger partial charge in [0.25, 0.3) is 0 Å². The fourth-order valence-electron chi connectivity index (χ4n) is 10.1. The predicted molar refractivity (Wildman–Crippen MR) is 227 cm³/mol. The van der Waals surface area contributed by atoms with Gasteiger partial charge < -0.3 is 53.9 Å². The van der Waals surface area contributed by atoms with E-state index in [1.165, 1.54) is 46.8 Å². The summed E-state index contributed by atoms with van der Waals surface area (Å²) in [6, 6.07) is 14.3. The van der Waals surface area contributed by atoms with Crippen LogP contribution in [0.25, 0.3) is 0 Å². The van der Waals surface area contributed by atoms with Crippen molar-refractivity contribution in [2.24, 2.45) is 16.7 Å². The number of hydrogen-bond donors (Lipinski definition) is 4. The minimum atomic E-state index is -2.43. The van der Waals surface area contributed by atoms with Gasteiger partial charge in [-0.1, -0.05) is 62.4 Å². The first kappa shape index (κ1) is 49.0. The molecule has 1 heterocycles. The van der Waals surface area contributed by atoms with Gasteiger partial charge in [-0.25, -0.2) is 14.4 Å². The highest BCUT2D eigenvalue weighted by Gasteiger charge is 2.78. The number of esters is 4. The minimum absolute atomic E-state index is 0.0490. The van der Waals surface area contributed by atoms with Crippen LogP contribution in [-0.4, -0.2) is 117 Å². The van der Waals surface area contributed by atoms with Crippen LogP contribution in [0.5, 0.6) is 0 Å². The largest absolute Gasteiger partial charge is 0.455 e. The number of ketones is 2. The molecule has 2 bridgehead atoms. The molecule has 17 heteroatoms. The Labute approximate surface area is 377 Å². The van der Waals surface area contributed by atoms with Crippen LogP contribution >= 0.6 is 0 Å². The third-order valence-electron chi connectivity index (χ3n) is 13.5. The number of carbonyl (C=O) groups is 7. The van der Waals surface area contributed by atoms with Gasteiger partial charge in [0.1, 0.15) is 47.4 Å². The summed E-state index contributed by atoms with van der Waals surface area (Å²) >= 11 is 0. The van der Waals surface area contributed by atoms with E-state index in [4.69, 9.17) is 28.4 Å². The van der Waals surface area contributed by atoms with Crippen LogP contribution in [0, 0.1) is 16.7 Å². The van der Waals surface area contributed by atoms with Crippen molar-refractivity contribution in [1.29, 1.82) is 0 Å². The average molecular weight is 906 g/mol. The summed E-state index contributed by atoms with van der Waals surface area (Å²) in [5.41, 5.74) is -8.66. The number of fused-ring (bicyclic) bond motifs is 5. The zero-order valence-corrected chi connectivity index (χ0v) is 38.1. The number of rotatable bonds is 12. The number of aliphatic hydroxyl groups is 3. The van der Waals surface area contributed by atoms with Crippen molar-refractivity contribution in [1.82, 2.24) is 5.32 Å². The van der Waals surface area contributed by atoms with Crippen LogP contribution in [0.3, 0.4) is 0 Å². The Morgan fingerprint density at radius 1 is 0.908 bits per heavy atom. The number of carbonyl (C=O) groups excluding carboxylic acids is 7. The molecule has 2 aromatic carbocycles. The highest BCUT2D eigenvalue weighted by atomic mass is 16.6. The molecule has 3 unspecified atom stereocenters. The first-order chi connectivity index (χ1) is 30.3. The lowest BCUT2D eigenvalue weighted by atomic mass is 9.44. The van der Waals surface area contributed by atoms with E-state index in [9.17, 15) is 44.1 Å². The summed E-state index contributed by atoms with van der Waals surface area (Å²) in [5.74, 6) is -6.86. The molecule has 3 aliphatic carbocycles. The van der Waals surface area contributed by atoms with Crippen LogP contribution in [-0.2, 0) is 52.4 Å². The van der Waals surface area contributed by atoms with Crippen LogP contribution in [0.1, 0.15) is 110 Å². The van der Waals surface area contributed by atoms with Crippen molar-refractivity contribution in [2.75, 3.05) is 6.61 Å².